The van der Waals surface area contributed by atoms with Crippen LogP contribution in [-0.4, -0.2) is 10.9 Å². The summed E-state index contributed by atoms with van der Waals surface area (Å²) in [5, 5.41) is 10.0. The zero-order chi connectivity index (χ0) is 17.5. The Morgan fingerprint density at radius 3 is 2.50 bits per heavy atom. The lowest BCUT2D eigenvalue weighted by atomic mass is 10.1. The highest BCUT2D eigenvalue weighted by molar-refractivity contribution is 9.10. The van der Waals surface area contributed by atoms with E-state index in [1.807, 2.05) is 32.1 Å². The summed E-state index contributed by atoms with van der Waals surface area (Å²) in [5.74, 6) is 0.874. The Labute approximate surface area is 150 Å². The molecule has 4 heteroatoms. The van der Waals surface area contributed by atoms with Crippen molar-refractivity contribution in [2.24, 2.45) is 5.92 Å². The van der Waals surface area contributed by atoms with Crippen molar-refractivity contribution < 1.29 is 14.6 Å². The van der Waals surface area contributed by atoms with Gasteiger partial charge in [0.1, 0.15) is 11.5 Å². The fourth-order valence-electron chi connectivity index (χ4n) is 1.89. The van der Waals surface area contributed by atoms with Crippen LogP contribution in [0.25, 0.3) is 6.08 Å². The molecule has 0 aliphatic heterocycles. The highest BCUT2D eigenvalue weighted by Gasteiger charge is 2.04. The normalized spacial score (nSPS) is 11.5. The first kappa shape index (κ1) is 18.0. The highest BCUT2D eigenvalue weighted by Crippen LogP contribution is 2.25. The summed E-state index contributed by atoms with van der Waals surface area (Å²) in [6, 6.07) is 12.1. The van der Waals surface area contributed by atoms with Crippen molar-refractivity contribution in [2.45, 2.75) is 13.8 Å². The maximum absolute atomic E-state index is 12.1. The van der Waals surface area contributed by atoms with Gasteiger partial charge in [-0.25, -0.2) is 0 Å². The van der Waals surface area contributed by atoms with Crippen molar-refractivity contribution in [3.8, 4) is 11.5 Å². The molecule has 0 aliphatic carbocycles. The number of ketones is 1. The van der Waals surface area contributed by atoms with Gasteiger partial charge in [-0.05, 0) is 60.5 Å². The lowest BCUT2D eigenvalue weighted by Crippen LogP contribution is -1.93. The van der Waals surface area contributed by atoms with E-state index in [2.05, 4.69) is 15.9 Å². The van der Waals surface area contributed by atoms with E-state index in [1.54, 1.807) is 36.6 Å². The first-order valence-electron chi connectivity index (χ1n) is 7.60. The van der Waals surface area contributed by atoms with E-state index in [0.29, 0.717) is 22.8 Å². The number of halogens is 1. The minimum Gasteiger partial charge on any atom is -0.507 e. The summed E-state index contributed by atoms with van der Waals surface area (Å²) >= 11 is 3.33. The molecule has 2 aromatic rings. The number of carbonyl (C=O) groups excluding carboxylic acids is 1. The smallest absolute Gasteiger partial charge is 0.185 e. The van der Waals surface area contributed by atoms with Crippen LogP contribution in [0.1, 0.15) is 29.8 Å². The zero-order valence-electron chi connectivity index (χ0n) is 13.6. The summed E-state index contributed by atoms with van der Waals surface area (Å²) < 4.78 is 6.34. The van der Waals surface area contributed by atoms with E-state index in [1.165, 1.54) is 12.1 Å². The number of ether oxygens (including phenoxy) is 1. The zero-order valence-corrected chi connectivity index (χ0v) is 15.2. The second-order valence-corrected chi connectivity index (χ2v) is 6.53. The molecule has 0 unspecified atom stereocenters. The summed E-state index contributed by atoms with van der Waals surface area (Å²) in [6.07, 6.45) is 6.55. The van der Waals surface area contributed by atoms with Gasteiger partial charge in [0.05, 0.1) is 6.26 Å². The lowest BCUT2D eigenvalue weighted by Gasteiger charge is -2.04. The molecule has 0 amide bonds. The Morgan fingerprint density at radius 2 is 1.88 bits per heavy atom. The van der Waals surface area contributed by atoms with Gasteiger partial charge in [0.15, 0.2) is 5.78 Å². The third-order valence-electron chi connectivity index (χ3n) is 3.21. The van der Waals surface area contributed by atoms with Crippen LogP contribution < -0.4 is 4.74 Å². The van der Waals surface area contributed by atoms with Crippen molar-refractivity contribution in [3.05, 3.63) is 76.5 Å². The molecule has 0 fully saturated rings. The SMILES string of the molecule is CC(C)C=COc1ccc(C=CC(=O)c2ccc(Br)cc2)c(O)c1. The Hall–Kier alpha value is -2.33. The van der Waals surface area contributed by atoms with Gasteiger partial charge in [-0.15, -0.1) is 0 Å². The van der Waals surface area contributed by atoms with Crippen molar-refractivity contribution >= 4 is 27.8 Å². The van der Waals surface area contributed by atoms with Crippen LogP contribution in [0.3, 0.4) is 0 Å². The molecule has 0 bridgehead atoms. The number of aromatic hydroxyl groups is 1. The topological polar surface area (TPSA) is 46.5 Å². The Bertz CT molecular complexity index is 759. The van der Waals surface area contributed by atoms with Crippen molar-refractivity contribution in [1.82, 2.24) is 0 Å². The molecular formula is C20H19BrO3. The fourth-order valence-corrected chi connectivity index (χ4v) is 2.15. The minimum atomic E-state index is -0.123. The molecule has 0 saturated heterocycles. The molecule has 124 valence electrons. The highest BCUT2D eigenvalue weighted by atomic mass is 79.9. The molecule has 0 atom stereocenters. The second kappa shape index (κ2) is 8.50. The molecule has 0 aliphatic rings. The van der Waals surface area contributed by atoms with Crippen LogP contribution in [-0.2, 0) is 0 Å². The maximum atomic E-state index is 12.1. The van der Waals surface area contributed by atoms with Gasteiger partial charge in [-0.2, -0.15) is 0 Å². The van der Waals surface area contributed by atoms with E-state index < -0.39 is 0 Å². The molecule has 0 aromatic heterocycles. The van der Waals surface area contributed by atoms with Gasteiger partial charge < -0.3 is 9.84 Å². The average molecular weight is 387 g/mol. The second-order valence-electron chi connectivity index (χ2n) is 5.62. The molecule has 2 aromatic carbocycles. The maximum Gasteiger partial charge on any atom is 0.185 e. The Kier molecular flexibility index (Phi) is 6.38. The van der Waals surface area contributed by atoms with Gasteiger partial charge in [-0.1, -0.05) is 29.8 Å². The van der Waals surface area contributed by atoms with Gasteiger partial charge in [-0.3, -0.25) is 4.79 Å². The number of hydrogen-bond acceptors (Lipinski definition) is 3. The number of benzene rings is 2. The molecule has 3 nitrogen and oxygen atoms in total. The number of carbonyl (C=O) groups is 1. The van der Waals surface area contributed by atoms with Crippen molar-refractivity contribution in [3.63, 3.8) is 0 Å². The van der Waals surface area contributed by atoms with E-state index in [-0.39, 0.29) is 11.5 Å². The summed E-state index contributed by atoms with van der Waals surface area (Å²) in [4.78, 5) is 12.1. The summed E-state index contributed by atoms with van der Waals surface area (Å²) in [6.45, 7) is 4.10. The molecule has 0 heterocycles. The Balaban J connectivity index is 2.06. The number of phenolic OH excluding ortho intramolecular Hbond substituents is 1. The largest absolute Gasteiger partial charge is 0.507 e. The molecule has 0 saturated carbocycles. The fraction of sp³-hybridized carbons (Fsp3) is 0.150. The predicted octanol–water partition coefficient (Wildman–Crippen LogP) is 5.60. The van der Waals surface area contributed by atoms with Gasteiger partial charge in [0.2, 0.25) is 0 Å². The van der Waals surface area contributed by atoms with E-state index in [9.17, 15) is 9.90 Å². The van der Waals surface area contributed by atoms with Crippen LogP contribution in [0.4, 0.5) is 0 Å². The van der Waals surface area contributed by atoms with Crippen LogP contribution in [0, 0.1) is 5.92 Å². The van der Waals surface area contributed by atoms with E-state index in [4.69, 9.17) is 4.74 Å². The standard InChI is InChI=1S/C20H19BrO3/c1-14(2)11-12-24-18-9-5-16(20(23)13-18)6-10-19(22)15-3-7-17(21)8-4-15/h3-14,23H,1-2H3. The number of hydrogen-bond donors (Lipinski definition) is 1. The van der Waals surface area contributed by atoms with Gasteiger partial charge in [0, 0.05) is 21.7 Å². The van der Waals surface area contributed by atoms with Crippen molar-refractivity contribution in [1.29, 1.82) is 0 Å². The third-order valence-corrected chi connectivity index (χ3v) is 3.74. The monoisotopic (exact) mass is 386 g/mol. The quantitative estimate of drug-likeness (QED) is 0.399. The molecule has 0 spiro atoms. The first-order chi connectivity index (χ1) is 11.5. The minimum absolute atomic E-state index is 0.0605. The number of rotatable bonds is 6. The number of allylic oxidation sites excluding steroid dienone is 2. The first-order valence-corrected chi connectivity index (χ1v) is 8.39. The van der Waals surface area contributed by atoms with Crippen LogP contribution in [0.15, 0.2) is 65.4 Å². The molecule has 0 radical (unpaired) electrons. The predicted molar refractivity (Wildman–Crippen MR) is 100 cm³/mol. The van der Waals surface area contributed by atoms with Crippen molar-refractivity contribution in [2.75, 3.05) is 0 Å². The number of phenols is 1. The van der Waals surface area contributed by atoms with E-state index in [0.717, 1.165) is 4.47 Å². The Morgan fingerprint density at radius 1 is 1.17 bits per heavy atom. The molecule has 1 N–H and O–H groups in total. The van der Waals surface area contributed by atoms with E-state index >= 15 is 0 Å². The van der Waals surface area contributed by atoms with Crippen LogP contribution in [0.2, 0.25) is 0 Å². The third kappa shape index (κ3) is 5.39. The summed E-state index contributed by atoms with van der Waals surface area (Å²) in [7, 11) is 0. The summed E-state index contributed by atoms with van der Waals surface area (Å²) in [5.41, 5.74) is 1.15. The van der Waals surface area contributed by atoms with Gasteiger partial charge >= 0.3 is 0 Å². The average Bonchev–Trinajstić information content (AvgIpc) is 2.54. The molecular weight excluding hydrogens is 368 g/mol. The van der Waals surface area contributed by atoms with Crippen LogP contribution in [0.5, 0.6) is 11.5 Å². The molecule has 24 heavy (non-hydrogen) atoms. The molecule has 2 rings (SSSR count). The lowest BCUT2D eigenvalue weighted by molar-refractivity contribution is 0.104. The van der Waals surface area contributed by atoms with Crippen LogP contribution >= 0.6 is 15.9 Å². The van der Waals surface area contributed by atoms with Gasteiger partial charge in [0.25, 0.3) is 0 Å².